The van der Waals surface area contributed by atoms with Gasteiger partial charge in [-0.25, -0.2) is 4.79 Å². The first-order valence-corrected chi connectivity index (χ1v) is 7.36. The number of pyridine rings is 1. The van der Waals surface area contributed by atoms with Crippen LogP contribution in [0.3, 0.4) is 0 Å². The molecule has 2 rings (SSSR count). The summed E-state index contributed by atoms with van der Waals surface area (Å²) in [7, 11) is 4.77. The van der Waals surface area contributed by atoms with E-state index in [1.54, 1.807) is 24.1 Å². The Bertz CT molecular complexity index is 504. The minimum absolute atomic E-state index is 0.111. The minimum atomic E-state index is -0.223. The van der Waals surface area contributed by atoms with Gasteiger partial charge in [0.2, 0.25) is 11.8 Å². The number of methoxy groups -OCH3 is 2. The molecular formula is C15H23N3O4. The Morgan fingerprint density at radius 2 is 2.23 bits per heavy atom. The van der Waals surface area contributed by atoms with Gasteiger partial charge in [-0.3, -0.25) is 0 Å². The highest BCUT2D eigenvalue weighted by atomic mass is 16.5. The Balaban J connectivity index is 1.95. The molecular weight excluding hydrogens is 286 g/mol. The summed E-state index contributed by atoms with van der Waals surface area (Å²) < 4.78 is 15.9. The molecule has 2 heterocycles. The lowest BCUT2D eigenvalue weighted by Crippen LogP contribution is -2.39. The Kier molecular flexibility index (Phi) is 5.83. The number of amides is 2. The van der Waals surface area contributed by atoms with Gasteiger partial charge in [-0.05, 0) is 25.3 Å². The van der Waals surface area contributed by atoms with Crippen LogP contribution in [0, 0.1) is 0 Å². The van der Waals surface area contributed by atoms with Gasteiger partial charge in [-0.1, -0.05) is 0 Å². The van der Waals surface area contributed by atoms with E-state index in [4.69, 9.17) is 14.2 Å². The minimum Gasteiger partial charge on any atom is -0.481 e. The lowest BCUT2D eigenvalue weighted by Gasteiger charge is -2.27. The van der Waals surface area contributed by atoms with Crippen LogP contribution >= 0.6 is 0 Å². The number of nitrogens with one attached hydrogen (secondary N) is 1. The van der Waals surface area contributed by atoms with E-state index in [1.807, 2.05) is 0 Å². The molecule has 0 unspecified atom stereocenters. The first-order chi connectivity index (χ1) is 10.6. The van der Waals surface area contributed by atoms with Crippen molar-refractivity contribution < 1.29 is 19.0 Å². The zero-order chi connectivity index (χ0) is 15.9. The van der Waals surface area contributed by atoms with Crippen LogP contribution < -0.4 is 14.8 Å². The summed E-state index contributed by atoms with van der Waals surface area (Å²) >= 11 is 0. The second-order valence-corrected chi connectivity index (χ2v) is 5.21. The summed E-state index contributed by atoms with van der Waals surface area (Å²) in [5.41, 5.74) is 0.504. The average molecular weight is 309 g/mol. The SMILES string of the molecule is COc1ccc(NC(=O)N(C)C[C@@H]2CCCCO2)c(OC)n1. The molecule has 0 radical (unpaired) electrons. The van der Waals surface area contributed by atoms with Gasteiger partial charge in [0.05, 0.1) is 20.3 Å². The summed E-state index contributed by atoms with van der Waals surface area (Å²) in [6.07, 6.45) is 3.35. The summed E-state index contributed by atoms with van der Waals surface area (Å²) in [5, 5.41) is 2.79. The molecule has 1 fully saturated rings. The Morgan fingerprint density at radius 1 is 1.41 bits per heavy atom. The van der Waals surface area contributed by atoms with Crippen LogP contribution in [0.5, 0.6) is 11.8 Å². The third-order valence-corrected chi connectivity index (χ3v) is 3.58. The number of ether oxygens (including phenoxy) is 3. The van der Waals surface area contributed by atoms with Crippen molar-refractivity contribution in [2.75, 3.05) is 39.7 Å². The second kappa shape index (κ2) is 7.84. The number of carbonyl (C=O) groups is 1. The van der Waals surface area contributed by atoms with Crippen molar-refractivity contribution in [3.05, 3.63) is 12.1 Å². The topological polar surface area (TPSA) is 72.9 Å². The van der Waals surface area contributed by atoms with Gasteiger partial charge in [0, 0.05) is 26.3 Å². The highest BCUT2D eigenvalue weighted by molar-refractivity contribution is 5.90. The van der Waals surface area contributed by atoms with Crippen LogP contribution in [0.1, 0.15) is 19.3 Å². The van der Waals surface area contributed by atoms with Gasteiger partial charge in [0.15, 0.2) is 0 Å². The van der Waals surface area contributed by atoms with Crippen LogP contribution in [0.4, 0.5) is 10.5 Å². The monoisotopic (exact) mass is 309 g/mol. The van der Waals surface area contributed by atoms with E-state index in [0.29, 0.717) is 24.0 Å². The standard InChI is InChI=1S/C15H23N3O4/c1-18(10-11-6-4-5-9-22-11)15(19)16-12-7-8-13(20-2)17-14(12)21-3/h7-8,11H,4-6,9-10H2,1-3H3,(H,16,19)/t11-/m0/s1. The zero-order valence-electron chi connectivity index (χ0n) is 13.3. The van der Waals surface area contributed by atoms with Gasteiger partial charge >= 0.3 is 6.03 Å². The lowest BCUT2D eigenvalue weighted by atomic mass is 10.1. The molecule has 2 amide bonds. The van der Waals surface area contributed by atoms with Crippen LogP contribution in [-0.2, 0) is 4.74 Å². The number of nitrogens with zero attached hydrogens (tertiary/aromatic N) is 2. The van der Waals surface area contributed by atoms with Gasteiger partial charge < -0.3 is 24.4 Å². The largest absolute Gasteiger partial charge is 0.481 e. The maximum atomic E-state index is 12.3. The van der Waals surface area contributed by atoms with Crippen molar-refractivity contribution in [3.63, 3.8) is 0 Å². The number of aromatic nitrogens is 1. The summed E-state index contributed by atoms with van der Waals surface area (Å²) in [6.45, 7) is 1.34. The first-order valence-electron chi connectivity index (χ1n) is 7.36. The van der Waals surface area contributed by atoms with E-state index in [0.717, 1.165) is 25.9 Å². The number of carbonyl (C=O) groups excluding carboxylic acids is 1. The van der Waals surface area contributed by atoms with Gasteiger partial charge in [0.1, 0.15) is 5.69 Å². The molecule has 7 nitrogen and oxygen atoms in total. The maximum Gasteiger partial charge on any atom is 0.321 e. The van der Waals surface area contributed by atoms with Crippen molar-refractivity contribution in [1.29, 1.82) is 0 Å². The first kappa shape index (κ1) is 16.4. The molecule has 1 aliphatic heterocycles. The molecule has 1 aromatic rings. The molecule has 0 aliphatic carbocycles. The van der Waals surface area contributed by atoms with Gasteiger partial charge in [-0.15, -0.1) is 0 Å². The quantitative estimate of drug-likeness (QED) is 0.902. The van der Waals surface area contributed by atoms with Crippen molar-refractivity contribution in [3.8, 4) is 11.8 Å². The van der Waals surface area contributed by atoms with Crippen LogP contribution in [0.25, 0.3) is 0 Å². The molecule has 0 aromatic carbocycles. The van der Waals surface area contributed by atoms with Crippen molar-refractivity contribution in [2.24, 2.45) is 0 Å². The highest BCUT2D eigenvalue weighted by Crippen LogP contribution is 2.25. The molecule has 1 N–H and O–H groups in total. The summed E-state index contributed by atoms with van der Waals surface area (Å²) in [4.78, 5) is 18.0. The van der Waals surface area contributed by atoms with E-state index in [9.17, 15) is 4.79 Å². The fourth-order valence-electron chi connectivity index (χ4n) is 2.34. The molecule has 1 atom stereocenters. The third kappa shape index (κ3) is 4.24. The molecule has 122 valence electrons. The molecule has 22 heavy (non-hydrogen) atoms. The number of hydrogen-bond acceptors (Lipinski definition) is 5. The van der Waals surface area contributed by atoms with Crippen LogP contribution in [-0.4, -0.2) is 56.4 Å². The molecule has 7 heteroatoms. The van der Waals surface area contributed by atoms with E-state index in [2.05, 4.69) is 10.3 Å². The third-order valence-electron chi connectivity index (χ3n) is 3.58. The Morgan fingerprint density at radius 3 is 2.86 bits per heavy atom. The van der Waals surface area contributed by atoms with E-state index >= 15 is 0 Å². The number of rotatable bonds is 5. The Labute approximate surface area is 130 Å². The van der Waals surface area contributed by atoms with Crippen LogP contribution in [0.2, 0.25) is 0 Å². The van der Waals surface area contributed by atoms with Crippen molar-refractivity contribution in [2.45, 2.75) is 25.4 Å². The van der Waals surface area contributed by atoms with Crippen molar-refractivity contribution in [1.82, 2.24) is 9.88 Å². The van der Waals surface area contributed by atoms with E-state index in [1.165, 1.54) is 14.2 Å². The van der Waals surface area contributed by atoms with Gasteiger partial charge in [0.25, 0.3) is 0 Å². The fraction of sp³-hybridized carbons (Fsp3) is 0.600. The van der Waals surface area contributed by atoms with E-state index < -0.39 is 0 Å². The lowest BCUT2D eigenvalue weighted by molar-refractivity contribution is 0.00463. The van der Waals surface area contributed by atoms with Crippen LogP contribution in [0.15, 0.2) is 12.1 Å². The molecule has 1 saturated heterocycles. The maximum absolute atomic E-state index is 12.3. The number of hydrogen-bond donors (Lipinski definition) is 1. The highest BCUT2D eigenvalue weighted by Gasteiger charge is 2.20. The summed E-state index contributed by atoms with van der Waals surface area (Å²) in [6, 6.07) is 3.15. The molecule has 0 bridgehead atoms. The Hall–Kier alpha value is -2.02. The van der Waals surface area contributed by atoms with Crippen molar-refractivity contribution >= 4 is 11.7 Å². The predicted molar refractivity (Wildman–Crippen MR) is 82.6 cm³/mol. The average Bonchev–Trinajstić information content (AvgIpc) is 2.56. The number of urea groups is 1. The smallest absolute Gasteiger partial charge is 0.321 e. The second-order valence-electron chi connectivity index (χ2n) is 5.21. The normalized spacial score (nSPS) is 17.7. The molecule has 0 saturated carbocycles. The summed E-state index contributed by atoms with van der Waals surface area (Å²) in [5.74, 6) is 0.744. The van der Waals surface area contributed by atoms with E-state index in [-0.39, 0.29) is 12.1 Å². The van der Waals surface area contributed by atoms with Gasteiger partial charge in [-0.2, -0.15) is 4.98 Å². The fourth-order valence-corrected chi connectivity index (χ4v) is 2.34. The molecule has 1 aromatic heterocycles. The molecule has 1 aliphatic rings. The zero-order valence-corrected chi connectivity index (χ0v) is 13.3. The number of likely N-dealkylation sites (N-methyl/N-ethyl adjacent to an activating group) is 1. The number of anilines is 1. The predicted octanol–water partition coefficient (Wildman–Crippen LogP) is 2.13. The molecule has 0 spiro atoms.